The maximum Gasteiger partial charge on any atom is 0.419 e. The van der Waals surface area contributed by atoms with Crippen LogP contribution in [0.1, 0.15) is 11.4 Å². The molecule has 0 aromatic carbocycles. The number of aromatic nitrogens is 4. The lowest BCUT2D eigenvalue weighted by Gasteiger charge is -2.11. The zero-order valence-electron chi connectivity index (χ0n) is 10.7. The van der Waals surface area contributed by atoms with Crippen LogP contribution in [0.2, 0.25) is 5.15 Å². The van der Waals surface area contributed by atoms with Gasteiger partial charge in [0.15, 0.2) is 0 Å². The van der Waals surface area contributed by atoms with Gasteiger partial charge in [-0.05, 0) is 13.0 Å². The van der Waals surface area contributed by atoms with E-state index in [4.69, 9.17) is 11.6 Å². The number of fused-ring (bicyclic) bond motifs is 1. The number of aryl methyl sites for hydroxylation is 1. The third-order valence-electron chi connectivity index (χ3n) is 3.00. The van der Waals surface area contributed by atoms with Gasteiger partial charge in [0, 0.05) is 23.3 Å². The second-order valence-electron chi connectivity index (χ2n) is 4.43. The van der Waals surface area contributed by atoms with Crippen LogP contribution in [-0.4, -0.2) is 19.9 Å². The van der Waals surface area contributed by atoms with E-state index in [-0.39, 0.29) is 16.7 Å². The average molecular weight is 313 g/mol. The Kier molecular flexibility index (Phi) is 3.09. The Morgan fingerprint density at radius 1 is 1.19 bits per heavy atom. The first-order valence-electron chi connectivity index (χ1n) is 5.90. The van der Waals surface area contributed by atoms with Crippen LogP contribution in [0, 0.1) is 6.92 Å². The zero-order valence-corrected chi connectivity index (χ0v) is 11.4. The molecule has 0 unspecified atom stereocenters. The van der Waals surface area contributed by atoms with Crippen molar-refractivity contribution in [1.82, 2.24) is 19.9 Å². The van der Waals surface area contributed by atoms with E-state index in [2.05, 4.69) is 19.9 Å². The Balaban J connectivity index is 2.32. The molecule has 0 saturated carbocycles. The first-order valence-corrected chi connectivity index (χ1v) is 6.28. The molecule has 3 rings (SSSR count). The van der Waals surface area contributed by atoms with Crippen molar-refractivity contribution >= 4 is 22.5 Å². The number of nitrogens with zero attached hydrogens (tertiary/aromatic N) is 3. The molecule has 0 atom stereocenters. The van der Waals surface area contributed by atoms with Gasteiger partial charge in [-0.1, -0.05) is 11.6 Å². The fourth-order valence-electron chi connectivity index (χ4n) is 2.07. The summed E-state index contributed by atoms with van der Waals surface area (Å²) < 4.78 is 39.4. The van der Waals surface area contributed by atoms with Crippen LogP contribution >= 0.6 is 11.6 Å². The third-order valence-corrected chi connectivity index (χ3v) is 3.21. The van der Waals surface area contributed by atoms with E-state index < -0.39 is 11.7 Å². The predicted molar refractivity (Wildman–Crippen MR) is 71.9 cm³/mol. The highest BCUT2D eigenvalue weighted by Gasteiger charge is 2.35. The summed E-state index contributed by atoms with van der Waals surface area (Å²) in [5.41, 5.74) is -0.170. The molecule has 4 nitrogen and oxygen atoms in total. The van der Waals surface area contributed by atoms with Gasteiger partial charge in [0.1, 0.15) is 16.5 Å². The molecule has 0 fully saturated rings. The van der Waals surface area contributed by atoms with Gasteiger partial charge in [-0.3, -0.25) is 0 Å². The van der Waals surface area contributed by atoms with Crippen molar-refractivity contribution in [3.05, 3.63) is 41.2 Å². The fraction of sp³-hybridized carbons (Fsp3) is 0.154. The summed E-state index contributed by atoms with van der Waals surface area (Å²) in [6, 6.07) is 1.50. The van der Waals surface area contributed by atoms with Gasteiger partial charge < -0.3 is 4.98 Å². The van der Waals surface area contributed by atoms with Crippen molar-refractivity contribution in [2.24, 2.45) is 0 Å². The minimum atomic E-state index is -4.54. The van der Waals surface area contributed by atoms with Crippen molar-refractivity contribution in [3.8, 4) is 11.3 Å². The second kappa shape index (κ2) is 4.70. The topological polar surface area (TPSA) is 54.5 Å². The molecule has 0 saturated heterocycles. The van der Waals surface area contributed by atoms with E-state index in [9.17, 15) is 13.2 Å². The Labute approximate surface area is 122 Å². The number of rotatable bonds is 1. The molecule has 3 heterocycles. The summed E-state index contributed by atoms with van der Waals surface area (Å²) in [4.78, 5) is 14.3. The lowest BCUT2D eigenvalue weighted by atomic mass is 10.1. The van der Waals surface area contributed by atoms with Gasteiger partial charge in [0.25, 0.3) is 0 Å². The van der Waals surface area contributed by atoms with Crippen LogP contribution in [0.25, 0.3) is 22.2 Å². The van der Waals surface area contributed by atoms with Crippen molar-refractivity contribution in [1.29, 1.82) is 0 Å². The highest BCUT2D eigenvalue weighted by molar-refractivity contribution is 6.30. The standard InChI is InChI=1S/C13H8ClF3N4/c1-6-18-4-9(13(15,16)17)12(21-6)8-3-19-10-5-20-11(14)2-7(8)10/h2-5,19H,1H3. The maximum absolute atomic E-state index is 13.1. The van der Waals surface area contributed by atoms with Crippen LogP contribution in [0.3, 0.4) is 0 Å². The fourth-order valence-corrected chi connectivity index (χ4v) is 2.23. The van der Waals surface area contributed by atoms with E-state index >= 15 is 0 Å². The molecule has 0 radical (unpaired) electrons. The molecule has 0 aliphatic rings. The van der Waals surface area contributed by atoms with Gasteiger partial charge in [0.05, 0.1) is 17.4 Å². The number of nitrogens with one attached hydrogen (secondary N) is 1. The first-order chi connectivity index (χ1) is 9.86. The van der Waals surface area contributed by atoms with Gasteiger partial charge >= 0.3 is 6.18 Å². The number of aromatic amines is 1. The largest absolute Gasteiger partial charge is 0.419 e. The summed E-state index contributed by atoms with van der Waals surface area (Å²) in [7, 11) is 0. The zero-order chi connectivity index (χ0) is 15.2. The summed E-state index contributed by atoms with van der Waals surface area (Å²) in [6.45, 7) is 1.53. The van der Waals surface area contributed by atoms with E-state index in [1.165, 1.54) is 25.4 Å². The molecule has 1 N–H and O–H groups in total. The molecular formula is C13H8ClF3N4. The Morgan fingerprint density at radius 2 is 1.95 bits per heavy atom. The van der Waals surface area contributed by atoms with Crippen LogP contribution in [0.4, 0.5) is 13.2 Å². The molecule has 8 heteroatoms. The van der Waals surface area contributed by atoms with E-state index in [1.807, 2.05) is 0 Å². The van der Waals surface area contributed by atoms with Crippen LogP contribution in [0.5, 0.6) is 0 Å². The molecule has 0 aliphatic carbocycles. The minimum absolute atomic E-state index is 0.177. The number of alkyl halides is 3. The molecular weight excluding hydrogens is 305 g/mol. The molecule has 108 valence electrons. The smallest absolute Gasteiger partial charge is 0.359 e. The lowest BCUT2D eigenvalue weighted by molar-refractivity contribution is -0.137. The number of halogens is 4. The first kappa shape index (κ1) is 13.8. The summed E-state index contributed by atoms with van der Waals surface area (Å²) in [5, 5.41) is 0.723. The van der Waals surface area contributed by atoms with E-state index in [0.717, 1.165) is 6.20 Å². The Morgan fingerprint density at radius 3 is 2.67 bits per heavy atom. The van der Waals surface area contributed by atoms with Crippen molar-refractivity contribution < 1.29 is 13.2 Å². The SMILES string of the molecule is Cc1ncc(C(F)(F)F)c(-c2c[nH]c3cnc(Cl)cc23)n1. The van der Waals surface area contributed by atoms with Crippen molar-refractivity contribution in [2.75, 3.05) is 0 Å². The average Bonchev–Trinajstić information content (AvgIpc) is 2.79. The highest BCUT2D eigenvalue weighted by atomic mass is 35.5. The summed E-state index contributed by atoms with van der Waals surface area (Å²) in [5.74, 6) is 0.257. The number of hydrogen-bond acceptors (Lipinski definition) is 3. The second-order valence-corrected chi connectivity index (χ2v) is 4.82. The summed E-state index contributed by atoms with van der Waals surface area (Å²) >= 11 is 5.82. The van der Waals surface area contributed by atoms with Gasteiger partial charge in [-0.2, -0.15) is 13.2 Å². The monoisotopic (exact) mass is 312 g/mol. The number of pyridine rings is 1. The van der Waals surface area contributed by atoms with Crippen LogP contribution < -0.4 is 0 Å². The molecule has 21 heavy (non-hydrogen) atoms. The number of H-pyrrole nitrogens is 1. The predicted octanol–water partition coefficient (Wildman–Crippen LogP) is 4.00. The van der Waals surface area contributed by atoms with Gasteiger partial charge in [-0.15, -0.1) is 0 Å². The molecule has 0 bridgehead atoms. The minimum Gasteiger partial charge on any atom is -0.359 e. The molecule has 0 spiro atoms. The Bertz CT molecular complexity index is 826. The molecule has 3 aromatic rings. The maximum atomic E-state index is 13.1. The normalized spacial score (nSPS) is 12.0. The van der Waals surface area contributed by atoms with E-state index in [1.54, 1.807) is 0 Å². The molecule has 3 aromatic heterocycles. The van der Waals surface area contributed by atoms with E-state index in [0.29, 0.717) is 16.5 Å². The van der Waals surface area contributed by atoms with Crippen molar-refractivity contribution in [3.63, 3.8) is 0 Å². The van der Waals surface area contributed by atoms with Crippen LogP contribution in [-0.2, 0) is 6.18 Å². The lowest BCUT2D eigenvalue weighted by Crippen LogP contribution is -2.10. The number of hydrogen-bond donors (Lipinski definition) is 1. The third kappa shape index (κ3) is 2.44. The summed E-state index contributed by atoms with van der Waals surface area (Å²) in [6.07, 6.45) is -0.828. The Hall–Kier alpha value is -2.15. The highest BCUT2D eigenvalue weighted by Crippen LogP contribution is 2.38. The quantitative estimate of drug-likeness (QED) is 0.691. The van der Waals surface area contributed by atoms with Gasteiger partial charge in [-0.25, -0.2) is 15.0 Å². The van der Waals surface area contributed by atoms with Crippen molar-refractivity contribution in [2.45, 2.75) is 13.1 Å². The van der Waals surface area contributed by atoms with Crippen LogP contribution in [0.15, 0.2) is 24.7 Å². The molecule has 0 amide bonds. The molecule has 0 aliphatic heterocycles. The van der Waals surface area contributed by atoms with Gasteiger partial charge in [0.2, 0.25) is 0 Å².